The van der Waals surface area contributed by atoms with Gasteiger partial charge in [0.15, 0.2) is 0 Å². The summed E-state index contributed by atoms with van der Waals surface area (Å²) >= 11 is 6.96. The summed E-state index contributed by atoms with van der Waals surface area (Å²) in [7, 11) is 0. The molecule has 0 unspecified atom stereocenters. The van der Waals surface area contributed by atoms with Gasteiger partial charge in [0.2, 0.25) is 0 Å². The number of nitrogens with zero attached hydrogens (tertiary/aromatic N) is 2. The molecule has 84 valence electrons. The molecule has 2 rings (SSSR count). The predicted octanol–water partition coefficient (Wildman–Crippen LogP) is 3.96. The second-order valence-electron chi connectivity index (χ2n) is 3.54. The molecule has 0 aliphatic heterocycles. The molecule has 0 aliphatic rings. The van der Waals surface area contributed by atoms with Crippen LogP contribution in [0.2, 0.25) is 0 Å². The Bertz CT molecular complexity index is 466. The van der Waals surface area contributed by atoms with Gasteiger partial charge in [-0.15, -0.1) is 0 Å². The van der Waals surface area contributed by atoms with Crippen molar-refractivity contribution in [3.8, 4) is 5.69 Å². The largest absolute Gasteiger partial charge is 0.240 e. The van der Waals surface area contributed by atoms with Crippen molar-refractivity contribution in [3.63, 3.8) is 0 Å². The number of halogens is 2. The van der Waals surface area contributed by atoms with Crippen LogP contribution in [-0.2, 0) is 6.42 Å². The topological polar surface area (TPSA) is 17.8 Å². The first kappa shape index (κ1) is 11.9. The average molecular weight is 344 g/mol. The Morgan fingerprint density at radius 3 is 2.81 bits per heavy atom. The third-order valence-electron chi connectivity index (χ3n) is 2.33. The molecule has 1 heterocycles. The van der Waals surface area contributed by atoms with Gasteiger partial charge in [0.1, 0.15) is 0 Å². The Kier molecular flexibility index (Phi) is 4.18. The Labute approximate surface area is 112 Å². The number of rotatable bonds is 4. The summed E-state index contributed by atoms with van der Waals surface area (Å²) < 4.78 is 2.97. The zero-order valence-corrected chi connectivity index (χ0v) is 11.9. The fourth-order valence-corrected chi connectivity index (χ4v) is 2.28. The van der Waals surface area contributed by atoms with Gasteiger partial charge in [-0.3, -0.25) is 0 Å². The van der Waals surface area contributed by atoms with Crippen LogP contribution >= 0.6 is 31.9 Å². The van der Waals surface area contributed by atoms with E-state index in [4.69, 9.17) is 0 Å². The van der Waals surface area contributed by atoms with Gasteiger partial charge in [-0.25, -0.2) is 4.68 Å². The molecule has 0 atom stereocenters. The zero-order chi connectivity index (χ0) is 11.4. The lowest BCUT2D eigenvalue weighted by atomic mass is 10.2. The van der Waals surface area contributed by atoms with E-state index in [1.165, 1.54) is 5.56 Å². The smallest absolute Gasteiger partial charge is 0.0787 e. The van der Waals surface area contributed by atoms with Gasteiger partial charge >= 0.3 is 0 Å². The number of para-hydroxylation sites is 1. The van der Waals surface area contributed by atoms with Crippen LogP contribution in [0.5, 0.6) is 0 Å². The van der Waals surface area contributed by atoms with Crippen LogP contribution in [0, 0.1) is 0 Å². The number of aryl methyl sites for hydroxylation is 1. The van der Waals surface area contributed by atoms with Crippen molar-refractivity contribution < 1.29 is 0 Å². The lowest BCUT2D eigenvalue weighted by Gasteiger charge is -2.02. The molecule has 2 nitrogen and oxygen atoms in total. The third-order valence-corrected chi connectivity index (χ3v) is 3.57. The van der Waals surface area contributed by atoms with Crippen molar-refractivity contribution in [2.75, 3.05) is 5.33 Å². The van der Waals surface area contributed by atoms with Crippen LogP contribution in [0.25, 0.3) is 5.69 Å². The molecule has 0 aliphatic carbocycles. The van der Waals surface area contributed by atoms with Crippen LogP contribution in [0.4, 0.5) is 0 Å². The number of alkyl halides is 1. The third kappa shape index (κ3) is 2.74. The van der Waals surface area contributed by atoms with E-state index in [9.17, 15) is 0 Å². The first-order chi connectivity index (χ1) is 7.81. The van der Waals surface area contributed by atoms with E-state index >= 15 is 0 Å². The number of hydrogen-bond acceptors (Lipinski definition) is 1. The summed E-state index contributed by atoms with van der Waals surface area (Å²) in [6, 6.07) is 8.09. The monoisotopic (exact) mass is 342 g/mol. The van der Waals surface area contributed by atoms with Gasteiger partial charge < -0.3 is 0 Å². The fraction of sp³-hybridized carbons (Fsp3) is 0.250. The highest BCUT2D eigenvalue weighted by atomic mass is 79.9. The molecule has 2 aromatic rings. The summed E-state index contributed by atoms with van der Waals surface area (Å²) in [6.07, 6.45) is 6.22. The summed E-state index contributed by atoms with van der Waals surface area (Å²) in [5, 5.41) is 5.41. The number of benzene rings is 1. The quantitative estimate of drug-likeness (QED) is 0.768. The van der Waals surface area contributed by atoms with Crippen molar-refractivity contribution in [1.29, 1.82) is 0 Å². The molecule has 0 spiro atoms. The highest BCUT2D eigenvalue weighted by Crippen LogP contribution is 2.20. The highest BCUT2D eigenvalue weighted by Gasteiger charge is 2.03. The van der Waals surface area contributed by atoms with Gasteiger partial charge in [0, 0.05) is 16.0 Å². The minimum Gasteiger partial charge on any atom is -0.240 e. The van der Waals surface area contributed by atoms with Crippen LogP contribution < -0.4 is 0 Å². The predicted molar refractivity (Wildman–Crippen MR) is 73.4 cm³/mol. The van der Waals surface area contributed by atoms with Crippen molar-refractivity contribution in [2.45, 2.75) is 12.8 Å². The number of aromatic nitrogens is 2. The maximum absolute atomic E-state index is 4.37. The van der Waals surface area contributed by atoms with Crippen LogP contribution in [0.3, 0.4) is 0 Å². The summed E-state index contributed by atoms with van der Waals surface area (Å²) in [5.74, 6) is 0. The Morgan fingerprint density at radius 1 is 1.25 bits per heavy atom. The summed E-state index contributed by atoms with van der Waals surface area (Å²) in [6.45, 7) is 0. The number of hydrogen-bond donors (Lipinski definition) is 0. The average Bonchev–Trinajstić information content (AvgIpc) is 2.75. The molecule has 1 aromatic carbocycles. The standard InChI is InChI=1S/C12H12Br2N2/c13-7-3-4-10-8-15-16(9-10)12-6-2-1-5-11(12)14/h1-2,5-6,8-9H,3-4,7H2. The van der Waals surface area contributed by atoms with Gasteiger partial charge in [-0.2, -0.15) is 5.10 Å². The molecule has 4 heteroatoms. The minimum atomic E-state index is 1.03. The molecule has 0 saturated heterocycles. The van der Waals surface area contributed by atoms with Crippen molar-refractivity contribution in [2.24, 2.45) is 0 Å². The van der Waals surface area contributed by atoms with Crippen molar-refractivity contribution in [3.05, 3.63) is 46.7 Å². The highest BCUT2D eigenvalue weighted by molar-refractivity contribution is 9.10. The van der Waals surface area contributed by atoms with Gasteiger partial charge in [0.25, 0.3) is 0 Å². The maximum Gasteiger partial charge on any atom is 0.0787 e. The van der Waals surface area contributed by atoms with Gasteiger partial charge in [-0.1, -0.05) is 28.1 Å². The Morgan fingerprint density at radius 2 is 2.06 bits per heavy atom. The van der Waals surface area contributed by atoms with Crippen LogP contribution in [-0.4, -0.2) is 15.1 Å². The molecule has 0 radical (unpaired) electrons. The molecule has 0 N–H and O–H groups in total. The molecule has 0 bridgehead atoms. The fourth-order valence-electron chi connectivity index (χ4n) is 1.53. The van der Waals surface area contributed by atoms with Crippen molar-refractivity contribution >= 4 is 31.9 Å². The molecule has 16 heavy (non-hydrogen) atoms. The first-order valence-electron chi connectivity index (χ1n) is 5.15. The normalized spacial score (nSPS) is 10.6. The van der Waals surface area contributed by atoms with E-state index in [2.05, 4.69) is 43.2 Å². The van der Waals surface area contributed by atoms with Crippen molar-refractivity contribution in [1.82, 2.24) is 9.78 Å². The summed E-state index contributed by atoms with van der Waals surface area (Å²) in [5.41, 5.74) is 2.35. The molecule has 0 amide bonds. The molecular formula is C12H12Br2N2. The SMILES string of the molecule is BrCCCc1cnn(-c2ccccc2Br)c1. The summed E-state index contributed by atoms with van der Waals surface area (Å²) in [4.78, 5) is 0. The van der Waals surface area contributed by atoms with E-state index in [0.29, 0.717) is 0 Å². The van der Waals surface area contributed by atoms with Crippen LogP contribution in [0.1, 0.15) is 12.0 Å². The molecular weight excluding hydrogens is 332 g/mol. The van der Waals surface area contributed by atoms with E-state index in [1.54, 1.807) is 0 Å². The zero-order valence-electron chi connectivity index (χ0n) is 8.74. The van der Waals surface area contributed by atoms with E-state index < -0.39 is 0 Å². The van der Waals surface area contributed by atoms with E-state index in [1.807, 2.05) is 35.1 Å². The second kappa shape index (κ2) is 5.64. The van der Waals surface area contributed by atoms with E-state index in [0.717, 1.165) is 28.3 Å². The van der Waals surface area contributed by atoms with Crippen LogP contribution in [0.15, 0.2) is 41.1 Å². The minimum absolute atomic E-state index is 1.03. The molecule has 1 aromatic heterocycles. The second-order valence-corrected chi connectivity index (χ2v) is 5.18. The lowest BCUT2D eigenvalue weighted by Crippen LogP contribution is -1.94. The maximum atomic E-state index is 4.37. The molecule has 0 saturated carbocycles. The lowest BCUT2D eigenvalue weighted by molar-refractivity contribution is 0.874. The van der Waals surface area contributed by atoms with Gasteiger partial charge in [-0.05, 0) is 46.5 Å². The van der Waals surface area contributed by atoms with Gasteiger partial charge in [0.05, 0.1) is 11.9 Å². The Balaban J connectivity index is 2.22. The first-order valence-corrected chi connectivity index (χ1v) is 7.07. The molecule has 0 fully saturated rings. The van der Waals surface area contributed by atoms with E-state index in [-0.39, 0.29) is 0 Å². The Hall–Kier alpha value is -0.610.